The van der Waals surface area contributed by atoms with Crippen LogP contribution in [0.4, 0.5) is 0 Å². The molecule has 3 nitrogen and oxygen atoms in total. The highest BCUT2D eigenvalue weighted by Crippen LogP contribution is 2.58. The van der Waals surface area contributed by atoms with Gasteiger partial charge in [0.25, 0.3) is 0 Å². The molecule has 1 saturated carbocycles. The molecule has 0 aliphatic heterocycles. The quantitative estimate of drug-likeness (QED) is 0.740. The van der Waals surface area contributed by atoms with Crippen molar-refractivity contribution in [1.29, 1.82) is 0 Å². The van der Waals surface area contributed by atoms with Crippen LogP contribution >= 0.6 is 15.9 Å². The van der Waals surface area contributed by atoms with E-state index in [4.69, 9.17) is 0 Å². The van der Waals surface area contributed by atoms with Crippen LogP contribution in [0.15, 0.2) is 28.7 Å². The summed E-state index contributed by atoms with van der Waals surface area (Å²) < 4.78 is 3.34. The standard InChI is InChI=1S/C19H26BrN3/c1-17(2,3)15-21-22-16(23(15)6)19(11-18(4,5)12-19)13-8-7-9-14(20)10-13/h7-10H,11-12H2,1-6H3. The van der Waals surface area contributed by atoms with Crippen LogP contribution < -0.4 is 0 Å². The number of halogens is 1. The van der Waals surface area contributed by atoms with Crippen LogP contribution in [-0.2, 0) is 17.9 Å². The maximum Gasteiger partial charge on any atom is 0.143 e. The predicted octanol–water partition coefficient (Wildman–Crippen LogP) is 4.98. The second kappa shape index (κ2) is 5.17. The Kier molecular flexibility index (Phi) is 3.75. The summed E-state index contributed by atoms with van der Waals surface area (Å²) in [6.45, 7) is 11.3. The smallest absolute Gasteiger partial charge is 0.143 e. The molecule has 23 heavy (non-hydrogen) atoms. The molecular formula is C19H26BrN3. The number of benzene rings is 1. The van der Waals surface area contributed by atoms with E-state index < -0.39 is 0 Å². The van der Waals surface area contributed by atoms with E-state index in [1.54, 1.807) is 0 Å². The summed E-state index contributed by atoms with van der Waals surface area (Å²) in [5, 5.41) is 9.18. The Morgan fingerprint density at radius 1 is 1.13 bits per heavy atom. The second-order valence-corrected chi connectivity index (χ2v) is 9.68. The highest BCUT2D eigenvalue weighted by molar-refractivity contribution is 9.10. The van der Waals surface area contributed by atoms with Crippen molar-refractivity contribution in [3.63, 3.8) is 0 Å². The average Bonchev–Trinajstić information content (AvgIpc) is 2.77. The number of aromatic nitrogens is 3. The van der Waals surface area contributed by atoms with Crippen LogP contribution in [0.5, 0.6) is 0 Å². The molecule has 1 aliphatic carbocycles. The molecule has 1 aliphatic rings. The molecule has 0 saturated heterocycles. The fraction of sp³-hybridized carbons (Fsp3) is 0.579. The number of hydrogen-bond donors (Lipinski definition) is 0. The van der Waals surface area contributed by atoms with Gasteiger partial charge in [-0.1, -0.05) is 62.7 Å². The highest BCUT2D eigenvalue weighted by Gasteiger charge is 2.54. The lowest BCUT2D eigenvalue weighted by Gasteiger charge is -2.53. The molecule has 1 heterocycles. The van der Waals surface area contributed by atoms with E-state index in [0.717, 1.165) is 29.0 Å². The van der Waals surface area contributed by atoms with Gasteiger partial charge in [0.2, 0.25) is 0 Å². The van der Waals surface area contributed by atoms with Crippen LogP contribution in [0.3, 0.4) is 0 Å². The van der Waals surface area contributed by atoms with E-state index in [2.05, 4.69) is 96.6 Å². The lowest BCUT2D eigenvalue weighted by Crippen LogP contribution is -2.49. The Morgan fingerprint density at radius 3 is 2.26 bits per heavy atom. The van der Waals surface area contributed by atoms with Gasteiger partial charge < -0.3 is 4.57 Å². The molecule has 1 aromatic carbocycles. The van der Waals surface area contributed by atoms with Gasteiger partial charge in [0, 0.05) is 16.9 Å². The minimum Gasteiger partial charge on any atom is -0.317 e. The molecule has 0 spiro atoms. The van der Waals surface area contributed by atoms with Crippen molar-refractivity contribution < 1.29 is 0 Å². The third kappa shape index (κ3) is 2.75. The minimum absolute atomic E-state index is 0.00226. The van der Waals surface area contributed by atoms with Crippen LogP contribution in [0.1, 0.15) is 64.7 Å². The first kappa shape index (κ1) is 16.7. The van der Waals surface area contributed by atoms with Crippen molar-refractivity contribution in [2.45, 2.75) is 58.3 Å². The Labute approximate surface area is 147 Å². The molecule has 0 amide bonds. The second-order valence-electron chi connectivity index (χ2n) is 8.77. The predicted molar refractivity (Wildman–Crippen MR) is 97.6 cm³/mol. The SMILES string of the molecule is Cn1c(C(C)(C)C)nnc1C1(c2cccc(Br)c2)CC(C)(C)C1. The number of rotatable bonds is 2. The Bertz CT molecular complexity index is 729. The molecule has 124 valence electrons. The van der Waals surface area contributed by atoms with Gasteiger partial charge in [0.05, 0.1) is 5.41 Å². The van der Waals surface area contributed by atoms with E-state index in [0.29, 0.717) is 5.41 Å². The van der Waals surface area contributed by atoms with Gasteiger partial charge >= 0.3 is 0 Å². The summed E-state index contributed by atoms with van der Waals surface area (Å²) in [7, 11) is 2.11. The van der Waals surface area contributed by atoms with Crippen LogP contribution in [0.25, 0.3) is 0 Å². The summed E-state index contributed by atoms with van der Waals surface area (Å²) >= 11 is 3.62. The summed E-state index contributed by atoms with van der Waals surface area (Å²) in [5.41, 5.74) is 1.65. The summed E-state index contributed by atoms with van der Waals surface area (Å²) in [6, 6.07) is 8.66. The molecule has 0 unspecified atom stereocenters. The molecule has 1 fully saturated rings. The monoisotopic (exact) mass is 375 g/mol. The van der Waals surface area contributed by atoms with Crippen LogP contribution in [0.2, 0.25) is 0 Å². The number of nitrogens with zero attached hydrogens (tertiary/aromatic N) is 3. The van der Waals surface area contributed by atoms with Crippen molar-refractivity contribution in [2.75, 3.05) is 0 Å². The zero-order chi connectivity index (χ0) is 17.0. The van der Waals surface area contributed by atoms with E-state index in [9.17, 15) is 0 Å². The zero-order valence-corrected chi connectivity index (χ0v) is 16.5. The van der Waals surface area contributed by atoms with Gasteiger partial charge in [-0.3, -0.25) is 0 Å². The molecule has 0 radical (unpaired) electrons. The lowest BCUT2D eigenvalue weighted by molar-refractivity contribution is 0.0787. The van der Waals surface area contributed by atoms with Gasteiger partial charge in [0.1, 0.15) is 11.6 Å². The molecular weight excluding hydrogens is 350 g/mol. The fourth-order valence-electron chi connectivity index (χ4n) is 4.26. The summed E-state index contributed by atoms with van der Waals surface area (Å²) in [4.78, 5) is 0. The maximum atomic E-state index is 4.65. The van der Waals surface area contributed by atoms with Gasteiger partial charge in [-0.15, -0.1) is 10.2 Å². The van der Waals surface area contributed by atoms with Gasteiger partial charge in [0.15, 0.2) is 0 Å². The van der Waals surface area contributed by atoms with Crippen molar-refractivity contribution in [3.8, 4) is 0 Å². The molecule has 4 heteroatoms. The fourth-order valence-corrected chi connectivity index (χ4v) is 4.66. The minimum atomic E-state index is -0.0292. The molecule has 3 rings (SSSR count). The largest absolute Gasteiger partial charge is 0.317 e. The topological polar surface area (TPSA) is 30.7 Å². The van der Waals surface area contributed by atoms with Crippen LogP contribution in [0, 0.1) is 5.41 Å². The Hall–Kier alpha value is -1.16. The first-order chi connectivity index (χ1) is 10.6. The molecule has 1 aromatic heterocycles. The average molecular weight is 376 g/mol. The Balaban J connectivity index is 2.14. The zero-order valence-electron chi connectivity index (χ0n) is 14.9. The van der Waals surface area contributed by atoms with Gasteiger partial charge in [-0.25, -0.2) is 0 Å². The van der Waals surface area contributed by atoms with Gasteiger partial charge in [-0.05, 0) is 36.0 Å². The van der Waals surface area contributed by atoms with Crippen molar-refractivity contribution in [1.82, 2.24) is 14.8 Å². The maximum absolute atomic E-state index is 4.65. The summed E-state index contributed by atoms with van der Waals surface area (Å²) in [6.07, 6.45) is 2.21. The first-order valence-corrected chi connectivity index (χ1v) is 9.01. The van der Waals surface area contributed by atoms with Crippen molar-refractivity contribution in [3.05, 3.63) is 46.0 Å². The van der Waals surface area contributed by atoms with Crippen LogP contribution in [-0.4, -0.2) is 14.8 Å². The third-order valence-corrected chi connectivity index (χ3v) is 5.40. The first-order valence-electron chi connectivity index (χ1n) is 8.22. The normalized spacial score (nSPS) is 19.4. The van der Waals surface area contributed by atoms with E-state index in [-0.39, 0.29) is 10.8 Å². The van der Waals surface area contributed by atoms with Gasteiger partial charge in [-0.2, -0.15) is 0 Å². The molecule has 0 N–H and O–H groups in total. The summed E-state index contributed by atoms with van der Waals surface area (Å²) in [5.74, 6) is 2.14. The lowest BCUT2D eigenvalue weighted by atomic mass is 9.51. The highest BCUT2D eigenvalue weighted by atomic mass is 79.9. The van der Waals surface area contributed by atoms with E-state index >= 15 is 0 Å². The third-order valence-electron chi connectivity index (χ3n) is 4.91. The molecule has 0 atom stereocenters. The molecule has 0 bridgehead atoms. The molecule has 2 aromatic rings. The Morgan fingerprint density at radius 2 is 1.78 bits per heavy atom. The number of hydrogen-bond acceptors (Lipinski definition) is 2. The van der Waals surface area contributed by atoms with Crippen molar-refractivity contribution >= 4 is 15.9 Å². The van der Waals surface area contributed by atoms with Crippen molar-refractivity contribution in [2.24, 2.45) is 12.5 Å². The van der Waals surface area contributed by atoms with E-state index in [1.165, 1.54) is 5.56 Å². The van der Waals surface area contributed by atoms with E-state index in [1.807, 2.05) is 0 Å².